The summed E-state index contributed by atoms with van der Waals surface area (Å²) in [6.07, 6.45) is 4.06. The molecule has 59 heavy (non-hydrogen) atoms. The van der Waals surface area contributed by atoms with Gasteiger partial charge >= 0.3 is 5.97 Å². The van der Waals surface area contributed by atoms with Crippen LogP contribution < -0.4 is 15.6 Å². The summed E-state index contributed by atoms with van der Waals surface area (Å²) in [5.41, 5.74) is 10.6. The molecule has 0 spiro atoms. The van der Waals surface area contributed by atoms with Crippen molar-refractivity contribution in [2.45, 2.75) is 84.5 Å². The van der Waals surface area contributed by atoms with Crippen LogP contribution >= 0.6 is 11.3 Å². The number of benzene rings is 1. The molecule has 1 aliphatic carbocycles. The number of anilines is 1. The van der Waals surface area contributed by atoms with Gasteiger partial charge in [0.25, 0.3) is 5.91 Å². The largest absolute Gasteiger partial charge is 0.464 e. The van der Waals surface area contributed by atoms with Crippen LogP contribution in [0.1, 0.15) is 69.3 Å². The molecule has 5 atom stereocenters. The van der Waals surface area contributed by atoms with E-state index < -0.39 is 29.4 Å². The third-order valence-corrected chi connectivity index (χ3v) is 13.3. The fourth-order valence-corrected chi connectivity index (χ4v) is 9.59. The summed E-state index contributed by atoms with van der Waals surface area (Å²) in [4.78, 5) is 56.1. The minimum absolute atomic E-state index is 0.159. The summed E-state index contributed by atoms with van der Waals surface area (Å²) >= 11 is 1.45. The molecule has 6 bridgehead atoms. The lowest BCUT2D eigenvalue weighted by Gasteiger charge is -2.35. The number of thiazole rings is 1. The summed E-state index contributed by atoms with van der Waals surface area (Å²) in [6, 6.07) is 9.26. The Hall–Kier alpha value is -4.88. The number of ether oxygens (including phenoxy) is 2. The molecule has 3 aromatic heterocycles. The summed E-state index contributed by atoms with van der Waals surface area (Å²) in [6.45, 7) is 13.5. The number of esters is 1. The van der Waals surface area contributed by atoms with Crippen LogP contribution in [0.2, 0.25) is 0 Å². The molecule has 3 fully saturated rings. The van der Waals surface area contributed by atoms with Crippen LogP contribution in [0.25, 0.3) is 33.4 Å². The van der Waals surface area contributed by atoms with Crippen molar-refractivity contribution in [2.75, 3.05) is 58.4 Å². The van der Waals surface area contributed by atoms with E-state index in [0.29, 0.717) is 43.8 Å². The Kier molecular flexibility index (Phi) is 11.5. The molecular weight excluding hydrogens is 767 g/mol. The number of amides is 2. The Morgan fingerprint density at radius 3 is 2.71 bits per heavy atom. The number of cyclic esters (lactones) is 1. The molecule has 6 heterocycles. The number of nitrogens with zero attached hydrogens (tertiary/aromatic N) is 7. The summed E-state index contributed by atoms with van der Waals surface area (Å²) in [7, 11) is 3.88. The molecule has 2 amide bonds. The molecule has 8 rings (SSSR count). The third-order valence-electron chi connectivity index (χ3n) is 12.4. The van der Waals surface area contributed by atoms with Gasteiger partial charge in [0, 0.05) is 85.6 Å². The standard InChI is InChI=1S/C44H55N9O5S/c1-7-52-37-11-10-27-17-31(37)33(40(52)32-19-29(23-46-39(32)26(2)57-6)51-15-13-50(5)14-16-51)21-44(3,4)25-58-43(56)34-9-8-12-53(49-34)42(55)35(20-38-47-36(27)24-59-38)48-41(54)30-18-28(30)22-45/h10-11,17,19,23-24,26,28,30,34-35,49H,7-9,12-16,18,20-21,25H2,1-6H3,(H,48,54)/t26-,28+,30-,34-,35-/m0/s1. The van der Waals surface area contributed by atoms with Gasteiger partial charge in [-0.15, -0.1) is 11.3 Å². The van der Waals surface area contributed by atoms with E-state index in [2.05, 4.69) is 83.3 Å². The van der Waals surface area contributed by atoms with Gasteiger partial charge in [-0.2, -0.15) is 5.26 Å². The lowest BCUT2D eigenvalue weighted by atomic mass is 9.84. The Morgan fingerprint density at radius 2 is 1.98 bits per heavy atom. The lowest BCUT2D eigenvalue weighted by molar-refractivity contribution is -0.155. The van der Waals surface area contributed by atoms with E-state index in [9.17, 15) is 19.6 Å². The molecule has 1 aromatic carbocycles. The Balaban J connectivity index is 1.26. The number of aromatic nitrogens is 3. The van der Waals surface area contributed by atoms with Gasteiger partial charge in [-0.1, -0.05) is 19.9 Å². The maximum Gasteiger partial charge on any atom is 0.324 e. The number of hydrogen-bond donors (Lipinski definition) is 2. The molecule has 2 saturated heterocycles. The highest BCUT2D eigenvalue weighted by atomic mass is 32.1. The number of hydrazine groups is 1. The van der Waals surface area contributed by atoms with E-state index in [1.807, 2.05) is 18.5 Å². The van der Waals surface area contributed by atoms with Crippen LogP contribution in [0.4, 0.5) is 5.69 Å². The van der Waals surface area contributed by atoms with E-state index in [4.69, 9.17) is 19.4 Å². The monoisotopic (exact) mass is 821 g/mol. The molecule has 14 nitrogen and oxygen atoms in total. The van der Waals surface area contributed by atoms with E-state index >= 15 is 0 Å². The number of likely N-dealkylation sites (N-methyl/N-ethyl adjacent to an activating group) is 1. The zero-order chi connectivity index (χ0) is 41.6. The van der Waals surface area contributed by atoms with Crippen molar-refractivity contribution < 1.29 is 23.9 Å². The van der Waals surface area contributed by atoms with Crippen molar-refractivity contribution in [2.24, 2.45) is 17.3 Å². The maximum atomic E-state index is 14.1. The summed E-state index contributed by atoms with van der Waals surface area (Å²) < 4.78 is 14.4. The Bertz CT molecular complexity index is 2290. The highest BCUT2D eigenvalue weighted by molar-refractivity contribution is 7.10. The Morgan fingerprint density at radius 1 is 1.19 bits per heavy atom. The fourth-order valence-electron chi connectivity index (χ4n) is 8.74. The molecule has 1 saturated carbocycles. The topological polar surface area (TPSA) is 158 Å². The predicted molar refractivity (Wildman–Crippen MR) is 226 cm³/mol. The molecule has 312 valence electrons. The lowest BCUT2D eigenvalue weighted by Crippen LogP contribution is -2.60. The minimum atomic E-state index is -0.935. The molecular formula is C44H55N9O5S. The highest BCUT2D eigenvalue weighted by Crippen LogP contribution is 2.43. The van der Waals surface area contributed by atoms with E-state index in [-0.39, 0.29) is 36.9 Å². The molecule has 4 aliphatic rings. The van der Waals surface area contributed by atoms with Gasteiger partial charge in [-0.05, 0) is 70.3 Å². The van der Waals surface area contributed by atoms with E-state index in [1.54, 1.807) is 7.11 Å². The van der Waals surface area contributed by atoms with Crippen molar-refractivity contribution in [1.29, 1.82) is 5.26 Å². The second kappa shape index (κ2) is 16.6. The number of pyridine rings is 1. The molecule has 4 aromatic rings. The normalized spacial score (nSPS) is 24.3. The predicted octanol–water partition coefficient (Wildman–Crippen LogP) is 5.11. The van der Waals surface area contributed by atoms with Crippen molar-refractivity contribution >= 4 is 45.7 Å². The average molecular weight is 822 g/mol. The van der Waals surface area contributed by atoms with Gasteiger partial charge in [0.05, 0.1) is 64.6 Å². The third kappa shape index (κ3) is 8.33. The smallest absolute Gasteiger partial charge is 0.324 e. The van der Waals surface area contributed by atoms with Crippen LogP contribution in [-0.2, 0) is 43.2 Å². The number of piperazine rings is 1. The van der Waals surface area contributed by atoms with E-state index in [0.717, 1.165) is 76.5 Å². The first-order valence-corrected chi connectivity index (χ1v) is 21.8. The average Bonchev–Trinajstić information content (AvgIpc) is 3.80. The molecule has 0 unspecified atom stereocenters. The zero-order valence-corrected chi connectivity index (χ0v) is 35.7. The van der Waals surface area contributed by atoms with Gasteiger partial charge in [0.15, 0.2) is 0 Å². The van der Waals surface area contributed by atoms with Gasteiger partial charge in [-0.3, -0.25) is 24.4 Å². The number of rotatable bonds is 7. The van der Waals surface area contributed by atoms with Crippen molar-refractivity contribution in [3.8, 4) is 28.6 Å². The number of aryl methyl sites for hydroxylation is 1. The first kappa shape index (κ1) is 40.9. The van der Waals surface area contributed by atoms with Crippen LogP contribution in [0.5, 0.6) is 0 Å². The van der Waals surface area contributed by atoms with Crippen molar-refractivity contribution in [3.63, 3.8) is 0 Å². The number of nitrogens with one attached hydrogen (secondary N) is 2. The zero-order valence-electron chi connectivity index (χ0n) is 34.9. The molecule has 3 aliphatic heterocycles. The first-order valence-electron chi connectivity index (χ1n) is 20.9. The minimum Gasteiger partial charge on any atom is -0.464 e. The van der Waals surface area contributed by atoms with Crippen molar-refractivity contribution in [1.82, 2.24) is 35.2 Å². The Labute approximate surface area is 349 Å². The van der Waals surface area contributed by atoms with Crippen LogP contribution in [0.3, 0.4) is 0 Å². The number of methoxy groups -OCH3 is 1. The van der Waals surface area contributed by atoms with Crippen LogP contribution in [0.15, 0.2) is 35.8 Å². The number of nitriles is 1. The fraction of sp³-hybridized carbons (Fsp3) is 0.545. The van der Waals surface area contributed by atoms with Crippen LogP contribution in [-0.4, -0.2) is 108 Å². The quantitative estimate of drug-likeness (QED) is 0.239. The number of carbonyl (C=O) groups is 3. The van der Waals surface area contributed by atoms with Gasteiger partial charge in [0.1, 0.15) is 12.1 Å². The number of hydrogen-bond acceptors (Lipinski definition) is 12. The number of fused-ring (bicyclic) bond motifs is 6. The SMILES string of the molecule is CCn1c(-c2cc(N3CCN(C)CC3)cnc2[C@H](C)OC)c2c3cc(ccc31)-c1csc(n1)C[C@H](NC(=O)[C@H]1C[C@@H]1C#N)C(=O)N1CCC[C@H](N1)C(=O)OCC(C)(C)C2. The van der Waals surface area contributed by atoms with E-state index in [1.165, 1.54) is 16.3 Å². The highest BCUT2D eigenvalue weighted by Gasteiger charge is 2.45. The second-order valence-corrected chi connectivity index (χ2v) is 18.3. The number of carbonyl (C=O) groups excluding carboxylic acids is 3. The van der Waals surface area contributed by atoms with Gasteiger partial charge < -0.3 is 29.2 Å². The maximum absolute atomic E-state index is 14.1. The summed E-state index contributed by atoms with van der Waals surface area (Å²) in [5, 5.41) is 17.5. The van der Waals surface area contributed by atoms with Gasteiger partial charge in [0.2, 0.25) is 5.91 Å². The summed E-state index contributed by atoms with van der Waals surface area (Å²) in [5.74, 6) is -1.87. The van der Waals surface area contributed by atoms with Gasteiger partial charge in [-0.25, -0.2) is 10.4 Å². The second-order valence-electron chi connectivity index (χ2n) is 17.3. The molecule has 2 N–H and O–H groups in total. The first-order chi connectivity index (χ1) is 28.4. The molecule has 15 heteroatoms. The van der Waals surface area contributed by atoms with Crippen molar-refractivity contribution in [3.05, 3.63) is 52.1 Å². The van der Waals surface area contributed by atoms with Crippen LogP contribution in [0, 0.1) is 28.6 Å². The molecule has 0 radical (unpaired) electrons.